The van der Waals surface area contributed by atoms with Crippen molar-refractivity contribution in [1.82, 2.24) is 0 Å². The van der Waals surface area contributed by atoms with Crippen LogP contribution in [0, 0.1) is 40.5 Å². The predicted molar refractivity (Wildman–Crippen MR) is 62.1 cm³/mol. The molecule has 0 radical (unpaired) electrons. The van der Waals surface area contributed by atoms with E-state index in [1.165, 1.54) is 0 Å². The van der Waals surface area contributed by atoms with Gasteiger partial charge in [0.15, 0.2) is 0 Å². The molecule has 0 aromatic heterocycles. The molecule has 0 bridgehead atoms. The van der Waals surface area contributed by atoms with E-state index in [0.717, 1.165) is 0 Å². The van der Waals surface area contributed by atoms with Crippen molar-refractivity contribution in [2.24, 2.45) is 0 Å². The predicted octanol–water partition coefficient (Wildman–Crippen LogP) is -0.321. The number of hydrogen-bond donors (Lipinski definition) is 0. The number of hydrogen-bond acceptors (Lipinski definition) is 11. The second kappa shape index (κ2) is 6.55. The minimum Gasteiger partial charge on any atom is -0.418 e. The second-order valence-corrected chi connectivity index (χ2v) is 4.29. The van der Waals surface area contributed by atoms with Crippen molar-refractivity contribution in [3.05, 3.63) is 40.5 Å². The molecule has 0 aromatic rings. The molecule has 0 aromatic carbocycles. The molecule has 0 atom stereocenters. The smallest absolute Gasteiger partial charge is 0.418 e. The minimum atomic E-state index is -2.85. The van der Waals surface area contributed by atoms with Crippen LogP contribution in [0.3, 0.4) is 0 Å². The molecule has 124 valence electrons. The summed E-state index contributed by atoms with van der Waals surface area (Å²) in [4.78, 5) is 47.9. The van der Waals surface area contributed by atoms with Gasteiger partial charge in [-0.05, 0) is 0 Å². The van der Waals surface area contributed by atoms with Gasteiger partial charge in [-0.25, -0.2) is 4.79 Å². The molecule has 22 heavy (non-hydrogen) atoms. The topological polar surface area (TPSA) is 208 Å². The molecule has 0 spiro atoms. The molecule has 0 heterocycles. The van der Waals surface area contributed by atoms with Crippen LogP contribution in [0.15, 0.2) is 0 Å². The number of carbonyl (C=O) groups excluding carboxylic acids is 1. The SMILES string of the molecule is CC(COC(=O)OCC(C)([N+](=O)[O-])[N+](=O)[O-])([N+](=O)[O-])[N+](=O)[O-]. The number of nitro groups is 4. The van der Waals surface area contributed by atoms with Crippen molar-refractivity contribution >= 4 is 6.16 Å². The highest BCUT2D eigenvalue weighted by Crippen LogP contribution is 2.13. The Labute approximate surface area is 120 Å². The van der Waals surface area contributed by atoms with Crippen molar-refractivity contribution in [2.75, 3.05) is 13.2 Å². The van der Waals surface area contributed by atoms with Gasteiger partial charge in [0.2, 0.25) is 13.2 Å². The summed E-state index contributed by atoms with van der Waals surface area (Å²) in [7, 11) is 0. The molecular formula is C7H10N4O11. The summed E-state index contributed by atoms with van der Waals surface area (Å²) in [5.74, 6) is 0. The minimum absolute atomic E-state index is 0.554. The molecule has 0 aliphatic heterocycles. The molecule has 0 saturated carbocycles. The Balaban J connectivity index is 4.72. The van der Waals surface area contributed by atoms with Crippen molar-refractivity contribution in [3.8, 4) is 0 Å². The maximum atomic E-state index is 11.1. The van der Waals surface area contributed by atoms with Crippen molar-refractivity contribution in [2.45, 2.75) is 25.2 Å². The fourth-order valence-electron chi connectivity index (χ4n) is 0.777. The lowest BCUT2D eigenvalue weighted by atomic mass is 10.2. The maximum absolute atomic E-state index is 11.1. The Morgan fingerprint density at radius 1 is 0.773 bits per heavy atom. The summed E-state index contributed by atoms with van der Waals surface area (Å²) in [5, 5.41) is 42.1. The molecule has 0 unspecified atom stereocenters. The first-order chi connectivity index (χ1) is 9.87. The Kier molecular flexibility index (Phi) is 5.62. The third-order valence-corrected chi connectivity index (χ3v) is 2.50. The Morgan fingerprint density at radius 2 is 1.00 bits per heavy atom. The maximum Gasteiger partial charge on any atom is 0.509 e. The van der Waals surface area contributed by atoms with Crippen LogP contribution in [-0.4, -0.2) is 50.4 Å². The van der Waals surface area contributed by atoms with Crippen LogP contribution in [0.5, 0.6) is 0 Å². The largest absolute Gasteiger partial charge is 0.509 e. The van der Waals surface area contributed by atoms with Gasteiger partial charge in [-0.2, -0.15) is 0 Å². The fraction of sp³-hybridized carbons (Fsp3) is 0.857. The standard InChI is InChI=1S/C7H10N4O11/c1-6(8(13)14,9(15)16)3-21-5(12)22-4-7(2,10(17)18)11(19)20/h3-4H2,1-2H3. The van der Waals surface area contributed by atoms with Gasteiger partial charge >= 0.3 is 17.5 Å². The van der Waals surface area contributed by atoms with E-state index in [9.17, 15) is 45.3 Å². The number of nitrogens with zero attached hydrogens (tertiary/aromatic N) is 4. The lowest BCUT2D eigenvalue weighted by Crippen LogP contribution is -2.49. The zero-order valence-electron chi connectivity index (χ0n) is 11.2. The van der Waals surface area contributed by atoms with E-state index in [0.29, 0.717) is 13.8 Å². The van der Waals surface area contributed by atoms with E-state index in [-0.39, 0.29) is 0 Å². The summed E-state index contributed by atoms with van der Waals surface area (Å²) in [5.41, 5.74) is -5.71. The summed E-state index contributed by atoms with van der Waals surface area (Å²) < 4.78 is 8.19. The van der Waals surface area contributed by atoms with Crippen molar-refractivity contribution in [1.29, 1.82) is 0 Å². The molecule has 0 amide bonds. The lowest BCUT2D eigenvalue weighted by Gasteiger charge is -2.14. The van der Waals surface area contributed by atoms with E-state index in [4.69, 9.17) is 0 Å². The molecule has 0 fully saturated rings. The normalized spacial score (nSPS) is 11.4. The first kappa shape index (κ1) is 18.9. The van der Waals surface area contributed by atoms with Crippen LogP contribution in [-0.2, 0) is 9.47 Å². The van der Waals surface area contributed by atoms with Crippen LogP contribution < -0.4 is 0 Å². The lowest BCUT2D eigenvalue weighted by molar-refractivity contribution is -0.794. The third-order valence-electron chi connectivity index (χ3n) is 2.50. The molecule has 0 aliphatic carbocycles. The zero-order chi connectivity index (χ0) is 17.7. The number of ether oxygens (including phenoxy) is 2. The van der Waals surface area contributed by atoms with E-state index in [1.807, 2.05) is 0 Å². The molecular weight excluding hydrogens is 316 g/mol. The molecule has 0 aliphatic rings. The van der Waals surface area contributed by atoms with Crippen LogP contribution in [0.4, 0.5) is 4.79 Å². The first-order valence-electron chi connectivity index (χ1n) is 5.25. The quantitative estimate of drug-likeness (QED) is 0.244. The van der Waals surface area contributed by atoms with Gasteiger partial charge in [0.25, 0.3) is 0 Å². The van der Waals surface area contributed by atoms with Crippen LogP contribution in [0.2, 0.25) is 0 Å². The highest BCUT2D eigenvalue weighted by molar-refractivity contribution is 5.59. The number of rotatable bonds is 8. The number of carbonyl (C=O) groups is 1. The van der Waals surface area contributed by atoms with Gasteiger partial charge in [0.05, 0.1) is 13.8 Å². The van der Waals surface area contributed by atoms with Crippen LogP contribution >= 0.6 is 0 Å². The van der Waals surface area contributed by atoms with Gasteiger partial charge < -0.3 is 9.47 Å². The summed E-state index contributed by atoms with van der Waals surface area (Å²) in [6.07, 6.45) is -1.76. The van der Waals surface area contributed by atoms with E-state index in [1.54, 1.807) is 0 Å². The van der Waals surface area contributed by atoms with E-state index < -0.39 is 50.4 Å². The molecule has 0 saturated heterocycles. The van der Waals surface area contributed by atoms with Crippen molar-refractivity contribution < 1.29 is 34.0 Å². The average molecular weight is 326 g/mol. The van der Waals surface area contributed by atoms with Gasteiger partial charge in [0.1, 0.15) is 19.7 Å². The van der Waals surface area contributed by atoms with Gasteiger partial charge in [-0.1, -0.05) is 0 Å². The van der Waals surface area contributed by atoms with E-state index in [2.05, 4.69) is 9.47 Å². The molecule has 15 heteroatoms. The Bertz CT molecular complexity index is 445. The average Bonchev–Trinajstić information content (AvgIpc) is 2.40. The third kappa shape index (κ3) is 3.93. The fourth-order valence-corrected chi connectivity index (χ4v) is 0.777. The zero-order valence-corrected chi connectivity index (χ0v) is 11.2. The van der Waals surface area contributed by atoms with Crippen molar-refractivity contribution in [3.63, 3.8) is 0 Å². The monoisotopic (exact) mass is 326 g/mol. The van der Waals surface area contributed by atoms with Gasteiger partial charge in [-0.15, -0.1) is 0 Å². The molecule has 0 rings (SSSR count). The summed E-state index contributed by atoms with van der Waals surface area (Å²) in [6, 6.07) is 0. The summed E-state index contributed by atoms with van der Waals surface area (Å²) in [6.45, 7) is -1.56. The Morgan fingerprint density at radius 3 is 1.18 bits per heavy atom. The second-order valence-electron chi connectivity index (χ2n) is 4.29. The molecule has 0 N–H and O–H groups in total. The van der Waals surface area contributed by atoms with E-state index >= 15 is 0 Å². The molecule has 15 nitrogen and oxygen atoms in total. The van der Waals surface area contributed by atoms with Crippen LogP contribution in [0.25, 0.3) is 0 Å². The first-order valence-corrected chi connectivity index (χ1v) is 5.25. The van der Waals surface area contributed by atoms with Gasteiger partial charge in [-0.3, -0.25) is 40.5 Å². The van der Waals surface area contributed by atoms with Crippen LogP contribution in [0.1, 0.15) is 13.8 Å². The van der Waals surface area contributed by atoms with Gasteiger partial charge in [0, 0.05) is 0 Å². The highest BCUT2D eigenvalue weighted by atomic mass is 16.7. The highest BCUT2D eigenvalue weighted by Gasteiger charge is 2.54. The Hall–Kier alpha value is -3.13. The summed E-state index contributed by atoms with van der Waals surface area (Å²) >= 11 is 0.